The van der Waals surface area contributed by atoms with Crippen LogP contribution in [-0.2, 0) is 4.74 Å². The summed E-state index contributed by atoms with van der Waals surface area (Å²) in [5.41, 5.74) is 0. The van der Waals surface area contributed by atoms with E-state index in [1.807, 2.05) is 0 Å². The predicted molar refractivity (Wildman–Crippen MR) is 51.2 cm³/mol. The van der Waals surface area contributed by atoms with Gasteiger partial charge < -0.3 is 9.84 Å². The van der Waals surface area contributed by atoms with Crippen LogP contribution in [0, 0.1) is 5.92 Å². The maximum Gasteiger partial charge on any atom is 0.0773 e. The van der Waals surface area contributed by atoms with Gasteiger partial charge in [-0.05, 0) is 12.3 Å². The first kappa shape index (κ1) is 11.9. The van der Waals surface area contributed by atoms with Crippen molar-refractivity contribution in [2.24, 2.45) is 5.92 Å². The molecule has 0 spiro atoms. The molecule has 2 heteroatoms. The normalized spacial score (nSPS) is 13.8. The summed E-state index contributed by atoms with van der Waals surface area (Å²) in [6.45, 7) is 4.93. The Morgan fingerprint density at radius 2 is 1.75 bits per heavy atom. The van der Waals surface area contributed by atoms with E-state index in [0.717, 1.165) is 18.8 Å². The van der Waals surface area contributed by atoms with Crippen LogP contribution in [0.5, 0.6) is 0 Å². The molecule has 0 aliphatic carbocycles. The third-order valence-corrected chi connectivity index (χ3v) is 1.93. The summed E-state index contributed by atoms with van der Waals surface area (Å²) in [6.07, 6.45) is 4.21. The zero-order chi connectivity index (χ0) is 9.40. The average molecular weight is 174 g/mol. The van der Waals surface area contributed by atoms with E-state index in [1.165, 1.54) is 12.8 Å². The maximum atomic E-state index is 9.29. The molecule has 2 nitrogen and oxygen atoms in total. The lowest BCUT2D eigenvalue weighted by Crippen LogP contribution is -2.13. The minimum absolute atomic E-state index is 0.262. The molecule has 0 radical (unpaired) electrons. The fourth-order valence-corrected chi connectivity index (χ4v) is 1.21. The molecule has 0 aliphatic rings. The largest absolute Gasteiger partial charge is 0.391 e. The van der Waals surface area contributed by atoms with Crippen molar-refractivity contribution in [1.29, 1.82) is 0 Å². The molecule has 12 heavy (non-hydrogen) atoms. The lowest BCUT2D eigenvalue weighted by atomic mass is 10.0. The summed E-state index contributed by atoms with van der Waals surface area (Å²) in [4.78, 5) is 0. The van der Waals surface area contributed by atoms with Gasteiger partial charge in [-0.15, -0.1) is 0 Å². The molecule has 74 valence electrons. The zero-order valence-corrected chi connectivity index (χ0v) is 8.55. The number of hydrogen-bond acceptors (Lipinski definition) is 2. The van der Waals surface area contributed by atoms with Crippen molar-refractivity contribution in [3.63, 3.8) is 0 Å². The third kappa shape index (κ3) is 8.02. The van der Waals surface area contributed by atoms with Crippen molar-refractivity contribution in [2.45, 2.75) is 45.6 Å². The monoisotopic (exact) mass is 174 g/mol. The maximum absolute atomic E-state index is 9.29. The molecular formula is C10H22O2. The van der Waals surface area contributed by atoms with Gasteiger partial charge in [-0.2, -0.15) is 0 Å². The zero-order valence-electron chi connectivity index (χ0n) is 8.55. The van der Waals surface area contributed by atoms with E-state index >= 15 is 0 Å². The molecule has 0 saturated carbocycles. The molecule has 0 fully saturated rings. The Labute approximate surface area is 75.9 Å². The van der Waals surface area contributed by atoms with Gasteiger partial charge in [0.15, 0.2) is 0 Å². The van der Waals surface area contributed by atoms with Crippen LogP contribution in [-0.4, -0.2) is 24.9 Å². The average Bonchev–Trinajstić information content (AvgIpc) is 1.98. The second kappa shape index (κ2) is 7.56. The van der Waals surface area contributed by atoms with E-state index in [2.05, 4.69) is 13.8 Å². The second-order valence-electron chi connectivity index (χ2n) is 3.79. The van der Waals surface area contributed by atoms with Crippen molar-refractivity contribution in [2.75, 3.05) is 13.7 Å². The number of hydrogen-bond donors (Lipinski definition) is 1. The minimum Gasteiger partial charge on any atom is -0.391 e. The Kier molecular flexibility index (Phi) is 7.51. The number of aliphatic hydroxyl groups is 1. The van der Waals surface area contributed by atoms with Crippen LogP contribution in [0.2, 0.25) is 0 Å². The van der Waals surface area contributed by atoms with Crippen LogP contribution in [0.15, 0.2) is 0 Å². The Morgan fingerprint density at radius 1 is 1.17 bits per heavy atom. The van der Waals surface area contributed by atoms with Gasteiger partial charge >= 0.3 is 0 Å². The highest BCUT2D eigenvalue weighted by Crippen LogP contribution is 2.09. The van der Waals surface area contributed by atoms with Crippen LogP contribution in [0.3, 0.4) is 0 Å². The molecule has 0 saturated heterocycles. The lowest BCUT2D eigenvalue weighted by Gasteiger charge is -2.09. The molecule has 0 heterocycles. The molecule has 0 aromatic rings. The molecule has 1 N–H and O–H groups in total. The van der Waals surface area contributed by atoms with Gasteiger partial charge in [0.2, 0.25) is 0 Å². The summed E-state index contributed by atoms with van der Waals surface area (Å²) < 4.78 is 4.83. The molecule has 1 unspecified atom stereocenters. The van der Waals surface area contributed by atoms with Crippen LogP contribution < -0.4 is 0 Å². The molecule has 0 bridgehead atoms. The summed E-state index contributed by atoms with van der Waals surface area (Å²) in [5, 5.41) is 9.29. The van der Waals surface area contributed by atoms with Gasteiger partial charge in [0.05, 0.1) is 12.7 Å². The quantitative estimate of drug-likeness (QED) is 0.600. The summed E-state index contributed by atoms with van der Waals surface area (Å²) in [7, 11) is 1.62. The number of ether oxygens (including phenoxy) is 1. The van der Waals surface area contributed by atoms with Crippen molar-refractivity contribution in [1.82, 2.24) is 0 Å². The van der Waals surface area contributed by atoms with E-state index < -0.39 is 0 Å². The SMILES string of the molecule is COCC(O)CCCCC(C)C. The Morgan fingerprint density at radius 3 is 2.25 bits per heavy atom. The van der Waals surface area contributed by atoms with E-state index in [1.54, 1.807) is 7.11 Å². The number of aliphatic hydroxyl groups excluding tert-OH is 1. The van der Waals surface area contributed by atoms with Gasteiger partial charge in [-0.1, -0.05) is 33.1 Å². The van der Waals surface area contributed by atoms with Crippen molar-refractivity contribution < 1.29 is 9.84 Å². The molecule has 1 atom stereocenters. The first-order chi connectivity index (χ1) is 5.66. The van der Waals surface area contributed by atoms with E-state index in [9.17, 15) is 5.11 Å². The van der Waals surface area contributed by atoms with Crippen LogP contribution in [0.4, 0.5) is 0 Å². The number of methoxy groups -OCH3 is 1. The second-order valence-corrected chi connectivity index (χ2v) is 3.79. The Bertz CT molecular complexity index is 91.8. The molecule has 0 aliphatic heterocycles. The highest BCUT2D eigenvalue weighted by Gasteiger charge is 2.02. The van der Waals surface area contributed by atoms with Crippen LogP contribution in [0.1, 0.15) is 39.5 Å². The van der Waals surface area contributed by atoms with E-state index in [4.69, 9.17) is 4.74 Å². The molecule has 0 amide bonds. The highest BCUT2D eigenvalue weighted by atomic mass is 16.5. The summed E-state index contributed by atoms with van der Waals surface area (Å²) in [5.74, 6) is 0.782. The smallest absolute Gasteiger partial charge is 0.0773 e. The first-order valence-electron chi connectivity index (χ1n) is 4.83. The summed E-state index contributed by atoms with van der Waals surface area (Å²) >= 11 is 0. The Hall–Kier alpha value is -0.0800. The fraction of sp³-hybridized carbons (Fsp3) is 1.00. The van der Waals surface area contributed by atoms with E-state index in [-0.39, 0.29) is 6.10 Å². The van der Waals surface area contributed by atoms with Crippen molar-refractivity contribution in [3.05, 3.63) is 0 Å². The van der Waals surface area contributed by atoms with Crippen LogP contribution in [0.25, 0.3) is 0 Å². The van der Waals surface area contributed by atoms with Crippen LogP contribution >= 0.6 is 0 Å². The lowest BCUT2D eigenvalue weighted by molar-refractivity contribution is 0.0574. The van der Waals surface area contributed by atoms with Gasteiger partial charge in [0, 0.05) is 7.11 Å². The minimum atomic E-state index is -0.262. The van der Waals surface area contributed by atoms with Gasteiger partial charge in [0.1, 0.15) is 0 Å². The summed E-state index contributed by atoms with van der Waals surface area (Å²) in [6, 6.07) is 0. The first-order valence-corrected chi connectivity index (χ1v) is 4.83. The number of rotatable bonds is 7. The molecular weight excluding hydrogens is 152 g/mol. The standard InChI is InChI=1S/C10H22O2/c1-9(2)6-4-5-7-10(11)8-12-3/h9-11H,4-8H2,1-3H3. The molecule has 0 aromatic carbocycles. The van der Waals surface area contributed by atoms with Gasteiger partial charge in [-0.3, -0.25) is 0 Å². The topological polar surface area (TPSA) is 29.5 Å². The third-order valence-electron chi connectivity index (χ3n) is 1.93. The Balaban J connectivity index is 3.08. The number of unbranched alkanes of at least 4 members (excludes halogenated alkanes) is 1. The van der Waals surface area contributed by atoms with E-state index in [0.29, 0.717) is 6.61 Å². The highest BCUT2D eigenvalue weighted by molar-refractivity contribution is 4.54. The fourth-order valence-electron chi connectivity index (χ4n) is 1.21. The van der Waals surface area contributed by atoms with Crippen molar-refractivity contribution >= 4 is 0 Å². The van der Waals surface area contributed by atoms with Gasteiger partial charge in [-0.25, -0.2) is 0 Å². The predicted octanol–water partition coefficient (Wildman–Crippen LogP) is 2.21. The molecule has 0 aromatic heterocycles. The van der Waals surface area contributed by atoms with Crippen molar-refractivity contribution in [3.8, 4) is 0 Å². The van der Waals surface area contributed by atoms with Gasteiger partial charge in [0.25, 0.3) is 0 Å². The molecule has 0 rings (SSSR count).